The molecule has 1 amide bonds. The van der Waals surface area contributed by atoms with Crippen molar-refractivity contribution in [1.82, 2.24) is 5.32 Å². The van der Waals surface area contributed by atoms with Crippen molar-refractivity contribution in [3.8, 4) is 5.75 Å². The minimum Gasteiger partial charge on any atom is -0.462 e. The van der Waals surface area contributed by atoms with Crippen LogP contribution in [-0.2, 0) is 38.1 Å². The van der Waals surface area contributed by atoms with Crippen LogP contribution in [-0.4, -0.2) is 75.4 Å². The van der Waals surface area contributed by atoms with Crippen LogP contribution in [0.1, 0.15) is 51.4 Å². The van der Waals surface area contributed by atoms with Crippen molar-refractivity contribution >= 4 is 34.1 Å². The van der Waals surface area contributed by atoms with E-state index in [1.165, 1.54) is 45.9 Å². The summed E-state index contributed by atoms with van der Waals surface area (Å²) in [5.74, 6) is -2.73. The molecule has 0 aromatic heterocycles. The van der Waals surface area contributed by atoms with Gasteiger partial charge in [0.2, 0.25) is 12.2 Å². The SMILES string of the molecule is CCOC(=O)c1ccccc1OC(=O)OC(C)OC(=O)[C@H](O)C(C)(C)COS(=O)(=O)CCCNC(C)=O. The fraction of sp³-hybridized carbons (Fsp3) is 0.565. The van der Waals surface area contributed by atoms with Crippen molar-refractivity contribution in [2.24, 2.45) is 5.41 Å². The summed E-state index contributed by atoms with van der Waals surface area (Å²) < 4.78 is 48.6. The van der Waals surface area contributed by atoms with Gasteiger partial charge in [0, 0.05) is 25.8 Å². The lowest BCUT2D eigenvalue weighted by molar-refractivity contribution is -0.183. The minimum absolute atomic E-state index is 0.0202. The third-order valence-electron chi connectivity index (χ3n) is 4.64. The summed E-state index contributed by atoms with van der Waals surface area (Å²) in [6, 6.07) is 5.77. The van der Waals surface area contributed by atoms with Crippen molar-refractivity contribution in [1.29, 1.82) is 0 Å². The number of hydrogen-bond acceptors (Lipinski definition) is 12. The first kappa shape index (κ1) is 31.8. The molecule has 0 spiro atoms. The molecule has 0 radical (unpaired) electrons. The Labute approximate surface area is 215 Å². The molecule has 2 atom stereocenters. The van der Waals surface area contributed by atoms with Gasteiger partial charge < -0.3 is 29.4 Å². The third kappa shape index (κ3) is 11.6. The van der Waals surface area contributed by atoms with Gasteiger partial charge in [0.1, 0.15) is 11.3 Å². The van der Waals surface area contributed by atoms with Crippen molar-refractivity contribution < 1.29 is 55.8 Å². The molecular weight excluding hydrogens is 514 g/mol. The van der Waals surface area contributed by atoms with Crippen LogP contribution < -0.4 is 10.1 Å². The Bertz CT molecular complexity index is 1050. The molecule has 0 aliphatic heterocycles. The van der Waals surface area contributed by atoms with E-state index < -0.39 is 52.6 Å². The molecule has 13 nitrogen and oxygen atoms in total. The summed E-state index contributed by atoms with van der Waals surface area (Å²) in [5, 5.41) is 12.8. The van der Waals surface area contributed by atoms with E-state index in [1.807, 2.05) is 0 Å². The summed E-state index contributed by atoms with van der Waals surface area (Å²) in [7, 11) is -3.99. The Morgan fingerprint density at radius 3 is 2.38 bits per heavy atom. The Morgan fingerprint density at radius 1 is 1.11 bits per heavy atom. The zero-order valence-electron chi connectivity index (χ0n) is 21.3. The van der Waals surface area contributed by atoms with Gasteiger partial charge in [-0.05, 0) is 25.5 Å². The quantitative estimate of drug-likeness (QED) is 0.113. The van der Waals surface area contributed by atoms with Crippen LogP contribution in [0.25, 0.3) is 0 Å². The maximum absolute atomic E-state index is 12.3. The van der Waals surface area contributed by atoms with E-state index in [1.54, 1.807) is 13.0 Å². The Hall–Kier alpha value is -3.23. The summed E-state index contributed by atoms with van der Waals surface area (Å²) in [6.07, 6.45) is -4.52. The van der Waals surface area contributed by atoms with Crippen LogP contribution in [0.5, 0.6) is 5.75 Å². The molecule has 0 saturated heterocycles. The normalized spacial score (nSPS) is 13.1. The van der Waals surface area contributed by atoms with Crippen LogP contribution in [0.3, 0.4) is 0 Å². The predicted octanol–water partition coefficient (Wildman–Crippen LogP) is 1.53. The van der Waals surface area contributed by atoms with Crippen LogP contribution in [0.4, 0.5) is 4.79 Å². The number of esters is 2. The molecular formula is C23H33NO12S. The highest BCUT2D eigenvalue weighted by atomic mass is 32.2. The van der Waals surface area contributed by atoms with Gasteiger partial charge in [-0.2, -0.15) is 8.42 Å². The molecule has 1 rings (SSSR count). The lowest BCUT2D eigenvalue weighted by Gasteiger charge is -2.29. The highest BCUT2D eigenvalue weighted by Gasteiger charge is 2.37. The number of nitrogens with one attached hydrogen (secondary N) is 1. The van der Waals surface area contributed by atoms with E-state index in [4.69, 9.17) is 23.1 Å². The van der Waals surface area contributed by atoms with Gasteiger partial charge in [0.25, 0.3) is 10.1 Å². The first-order valence-electron chi connectivity index (χ1n) is 11.3. The van der Waals surface area contributed by atoms with Crippen molar-refractivity contribution in [2.75, 3.05) is 25.5 Å². The van der Waals surface area contributed by atoms with Gasteiger partial charge in [-0.15, -0.1) is 0 Å². The monoisotopic (exact) mass is 547 g/mol. The molecule has 1 aromatic carbocycles. The van der Waals surface area contributed by atoms with Crippen LogP contribution in [0, 0.1) is 5.41 Å². The summed E-state index contributed by atoms with van der Waals surface area (Å²) in [6.45, 7) is 6.55. The van der Waals surface area contributed by atoms with Gasteiger partial charge in [-0.1, -0.05) is 26.0 Å². The topological polar surface area (TPSA) is 181 Å². The third-order valence-corrected chi connectivity index (χ3v) is 5.90. The molecule has 2 N–H and O–H groups in total. The minimum atomic E-state index is -3.99. The fourth-order valence-electron chi connectivity index (χ4n) is 2.65. The standard InChI is InChI=1S/C23H33NO12S/c1-6-32-20(27)17-10-7-8-11-18(17)36-22(29)35-16(3)34-21(28)19(26)23(4,5)14-33-37(30,31)13-9-12-24-15(2)25/h7-8,10-11,16,19,26H,6,9,12-14H2,1-5H3,(H,24,25)/t16?,19-/m0/s1. The average Bonchev–Trinajstić information content (AvgIpc) is 2.80. The van der Waals surface area contributed by atoms with E-state index in [2.05, 4.69) is 5.32 Å². The fourth-order valence-corrected chi connectivity index (χ4v) is 3.75. The second kappa shape index (κ2) is 14.5. The molecule has 0 fully saturated rings. The van der Waals surface area contributed by atoms with E-state index >= 15 is 0 Å². The molecule has 1 unspecified atom stereocenters. The molecule has 1 aromatic rings. The van der Waals surface area contributed by atoms with Gasteiger partial charge in [-0.3, -0.25) is 8.98 Å². The summed E-state index contributed by atoms with van der Waals surface area (Å²) in [4.78, 5) is 47.2. The molecule has 14 heteroatoms. The number of aliphatic hydroxyl groups is 1. The number of rotatable bonds is 14. The second-order valence-corrected chi connectivity index (χ2v) is 10.2. The Kier molecular flexibility index (Phi) is 12.5. The van der Waals surface area contributed by atoms with Crippen molar-refractivity contribution in [3.63, 3.8) is 0 Å². The number of hydrogen-bond donors (Lipinski definition) is 2. The predicted molar refractivity (Wildman–Crippen MR) is 128 cm³/mol. The van der Waals surface area contributed by atoms with Crippen LogP contribution in [0.2, 0.25) is 0 Å². The smallest absolute Gasteiger partial charge is 0.462 e. The van der Waals surface area contributed by atoms with Crippen molar-refractivity contribution in [3.05, 3.63) is 29.8 Å². The maximum Gasteiger partial charge on any atom is 0.516 e. The van der Waals surface area contributed by atoms with E-state index in [9.17, 15) is 32.7 Å². The Morgan fingerprint density at radius 2 is 1.76 bits per heavy atom. The highest BCUT2D eigenvalue weighted by molar-refractivity contribution is 7.86. The molecule has 0 aliphatic rings. The van der Waals surface area contributed by atoms with Crippen molar-refractivity contribution in [2.45, 2.75) is 53.4 Å². The number of ether oxygens (including phenoxy) is 4. The lowest BCUT2D eigenvalue weighted by atomic mass is 9.88. The molecule has 0 heterocycles. The number of aliphatic hydroxyl groups excluding tert-OH is 1. The van der Waals surface area contributed by atoms with Gasteiger partial charge >= 0.3 is 18.1 Å². The van der Waals surface area contributed by atoms with E-state index in [-0.39, 0.29) is 42.5 Å². The average molecular weight is 548 g/mol. The zero-order valence-corrected chi connectivity index (χ0v) is 22.2. The molecule has 0 bridgehead atoms. The molecule has 0 saturated carbocycles. The number of carbonyl (C=O) groups excluding carboxylic acids is 4. The summed E-state index contributed by atoms with van der Waals surface area (Å²) in [5.41, 5.74) is -1.42. The number of benzene rings is 1. The lowest BCUT2D eigenvalue weighted by Crippen LogP contribution is -2.43. The first-order chi connectivity index (χ1) is 17.2. The highest BCUT2D eigenvalue weighted by Crippen LogP contribution is 2.24. The molecule has 208 valence electrons. The first-order valence-corrected chi connectivity index (χ1v) is 12.9. The summed E-state index contributed by atoms with van der Waals surface area (Å²) >= 11 is 0. The van der Waals surface area contributed by atoms with Gasteiger partial charge in [0.15, 0.2) is 6.10 Å². The largest absolute Gasteiger partial charge is 0.516 e. The van der Waals surface area contributed by atoms with Crippen LogP contribution in [0.15, 0.2) is 24.3 Å². The second-order valence-electron chi connectivity index (χ2n) is 8.44. The van der Waals surface area contributed by atoms with E-state index in [0.29, 0.717) is 0 Å². The number of carbonyl (C=O) groups is 4. The van der Waals surface area contributed by atoms with Gasteiger partial charge in [-0.25, -0.2) is 14.4 Å². The number of amides is 1. The number of para-hydroxylation sites is 1. The Balaban J connectivity index is 2.61. The zero-order chi connectivity index (χ0) is 28.2. The maximum atomic E-state index is 12.3. The van der Waals surface area contributed by atoms with Gasteiger partial charge in [0.05, 0.1) is 19.0 Å². The molecule has 0 aliphatic carbocycles. The van der Waals surface area contributed by atoms with E-state index in [0.717, 1.165) is 0 Å². The van der Waals surface area contributed by atoms with Crippen LogP contribution >= 0.6 is 0 Å². The molecule has 37 heavy (non-hydrogen) atoms.